The lowest BCUT2D eigenvalue weighted by molar-refractivity contribution is 0.482. The van der Waals surface area contributed by atoms with Crippen LogP contribution in [0.5, 0.6) is 0 Å². The van der Waals surface area contributed by atoms with Crippen molar-refractivity contribution < 1.29 is 13.2 Å². The Morgan fingerprint density at radius 1 is 0.879 bits per heavy atom. The summed E-state index contributed by atoms with van der Waals surface area (Å²) in [6.07, 6.45) is 4.51. The maximum Gasteiger partial charge on any atom is 0.251 e. The van der Waals surface area contributed by atoms with Crippen molar-refractivity contribution in [2.75, 3.05) is 5.73 Å². The summed E-state index contributed by atoms with van der Waals surface area (Å²) in [5.74, 6) is -2.65. The number of hydrogen-bond acceptors (Lipinski definition) is 5. The molecule has 3 aromatic heterocycles. The average Bonchev–Trinajstić information content (AvgIpc) is 3.17. The minimum atomic E-state index is -1.25. The van der Waals surface area contributed by atoms with E-state index in [1.165, 1.54) is 4.68 Å². The molecule has 0 saturated heterocycles. The summed E-state index contributed by atoms with van der Waals surface area (Å²) in [5, 5.41) is 5.43. The Bertz CT molecular complexity index is 1500. The first-order chi connectivity index (χ1) is 15.9. The molecule has 0 aliphatic carbocycles. The smallest absolute Gasteiger partial charge is 0.251 e. The summed E-state index contributed by atoms with van der Waals surface area (Å²) in [6.45, 7) is 0. The van der Waals surface area contributed by atoms with E-state index in [1.54, 1.807) is 48.9 Å². The molecule has 3 heterocycles. The van der Waals surface area contributed by atoms with Gasteiger partial charge < -0.3 is 5.73 Å². The fraction of sp³-hybridized carbons (Fsp3) is 0.0435. The molecule has 2 aromatic carbocycles. The third-order valence-corrected chi connectivity index (χ3v) is 5.38. The predicted molar refractivity (Wildman–Crippen MR) is 118 cm³/mol. The molecule has 5 rings (SSSR count). The lowest BCUT2D eigenvalue weighted by atomic mass is 10.1. The molecule has 33 heavy (non-hydrogen) atoms. The molecule has 0 unspecified atom stereocenters. The summed E-state index contributed by atoms with van der Waals surface area (Å²) in [7, 11) is 0. The van der Waals surface area contributed by atoms with Crippen molar-refractivity contribution in [1.29, 1.82) is 0 Å². The van der Waals surface area contributed by atoms with Gasteiger partial charge in [-0.15, -0.1) is 0 Å². The van der Waals surface area contributed by atoms with Gasteiger partial charge in [0.05, 0.1) is 11.2 Å². The summed E-state index contributed by atoms with van der Waals surface area (Å²) in [5.41, 5.74) is 7.70. The molecule has 2 N–H and O–H groups in total. The van der Waals surface area contributed by atoms with E-state index in [1.807, 2.05) is 0 Å². The Hall–Kier alpha value is -3.98. The Balaban J connectivity index is 1.60. The van der Waals surface area contributed by atoms with Crippen molar-refractivity contribution in [3.63, 3.8) is 0 Å². The zero-order chi connectivity index (χ0) is 23.1. The van der Waals surface area contributed by atoms with Crippen molar-refractivity contribution in [2.24, 2.45) is 0 Å². The number of hydrogen-bond donors (Lipinski definition) is 1. The molecule has 0 atom stereocenters. The van der Waals surface area contributed by atoms with Crippen LogP contribution in [-0.2, 0) is 6.42 Å². The van der Waals surface area contributed by atoms with Gasteiger partial charge in [-0.05, 0) is 48.0 Å². The Morgan fingerprint density at radius 2 is 1.64 bits per heavy atom. The Labute approximate surface area is 190 Å². The molecule has 0 spiro atoms. The van der Waals surface area contributed by atoms with E-state index in [-0.39, 0.29) is 12.4 Å². The number of halogens is 4. The number of benzene rings is 2. The molecule has 0 saturated carbocycles. The molecule has 6 nitrogen and oxygen atoms in total. The van der Waals surface area contributed by atoms with Crippen LogP contribution < -0.4 is 5.73 Å². The highest BCUT2D eigenvalue weighted by atomic mass is 35.5. The normalized spacial score (nSPS) is 11.3. The second-order valence-electron chi connectivity index (χ2n) is 7.26. The second-order valence-corrected chi connectivity index (χ2v) is 7.70. The van der Waals surface area contributed by atoms with Crippen LogP contribution in [0.4, 0.5) is 19.0 Å². The van der Waals surface area contributed by atoms with Crippen LogP contribution in [0, 0.1) is 17.5 Å². The van der Waals surface area contributed by atoms with Gasteiger partial charge in [0.15, 0.2) is 11.6 Å². The third kappa shape index (κ3) is 3.87. The first-order valence-electron chi connectivity index (χ1n) is 9.74. The number of rotatable bonds is 4. The number of aromatic nitrogens is 5. The average molecular weight is 467 g/mol. The highest BCUT2D eigenvalue weighted by Crippen LogP contribution is 2.28. The van der Waals surface area contributed by atoms with Crippen LogP contribution in [0.3, 0.4) is 0 Å². The summed E-state index contributed by atoms with van der Waals surface area (Å²) in [4.78, 5) is 12.7. The van der Waals surface area contributed by atoms with E-state index in [9.17, 15) is 13.2 Å². The van der Waals surface area contributed by atoms with Crippen LogP contribution in [0.2, 0.25) is 5.02 Å². The molecule has 0 radical (unpaired) electrons. The standard InChI is InChI=1S/C23H14ClF3N6/c24-14-1-4-20-16(8-14)19(9-15-17(25)2-3-18(26)22(15)27)32-33(20)23-30-10-13(11-31-23)12-5-6-29-21(28)7-12/h1-8,10-11H,9H2,(H2,28,29). The van der Waals surface area contributed by atoms with Gasteiger partial charge in [0.2, 0.25) is 0 Å². The SMILES string of the molecule is Nc1cc(-c2cnc(-n3nc(Cc4c(F)ccc(F)c4F)c4cc(Cl)ccc43)nc2)ccn1. The minimum Gasteiger partial charge on any atom is -0.384 e. The van der Waals surface area contributed by atoms with Gasteiger partial charge >= 0.3 is 0 Å². The van der Waals surface area contributed by atoms with Gasteiger partial charge in [0.25, 0.3) is 5.95 Å². The van der Waals surface area contributed by atoms with Crippen LogP contribution in [0.25, 0.3) is 28.0 Å². The number of fused-ring (bicyclic) bond motifs is 1. The van der Waals surface area contributed by atoms with E-state index >= 15 is 0 Å². The van der Waals surface area contributed by atoms with E-state index in [0.29, 0.717) is 27.4 Å². The molecule has 0 aliphatic heterocycles. The van der Waals surface area contributed by atoms with Gasteiger partial charge in [-0.2, -0.15) is 9.78 Å². The van der Waals surface area contributed by atoms with Crippen LogP contribution in [-0.4, -0.2) is 24.7 Å². The van der Waals surface area contributed by atoms with Gasteiger partial charge in [0.1, 0.15) is 11.6 Å². The molecule has 10 heteroatoms. The van der Waals surface area contributed by atoms with Crippen LogP contribution in [0.1, 0.15) is 11.3 Å². The molecule has 0 bridgehead atoms. The predicted octanol–water partition coefficient (Wildman–Crippen LogP) is 5.12. The zero-order valence-electron chi connectivity index (χ0n) is 16.8. The highest BCUT2D eigenvalue weighted by Gasteiger charge is 2.20. The van der Waals surface area contributed by atoms with Crippen molar-refractivity contribution in [1.82, 2.24) is 24.7 Å². The molecule has 164 valence electrons. The molecule has 0 fully saturated rings. The number of nitrogen functional groups attached to an aromatic ring is 1. The van der Waals surface area contributed by atoms with Gasteiger partial charge in [0, 0.05) is 46.5 Å². The van der Waals surface area contributed by atoms with Crippen molar-refractivity contribution >= 4 is 28.3 Å². The van der Waals surface area contributed by atoms with Gasteiger partial charge in [-0.1, -0.05) is 11.6 Å². The first kappa shape index (κ1) is 20.9. The quantitative estimate of drug-likeness (QED) is 0.372. The molecular weight excluding hydrogens is 453 g/mol. The Kier molecular flexibility index (Phi) is 5.18. The zero-order valence-corrected chi connectivity index (χ0v) is 17.6. The molecular formula is C23H14ClF3N6. The number of pyridine rings is 1. The van der Waals surface area contributed by atoms with Crippen molar-refractivity contribution in [3.8, 4) is 17.1 Å². The van der Waals surface area contributed by atoms with Gasteiger partial charge in [-0.25, -0.2) is 28.1 Å². The Morgan fingerprint density at radius 3 is 2.39 bits per heavy atom. The summed E-state index contributed by atoms with van der Waals surface area (Å²) in [6, 6.07) is 10.1. The monoisotopic (exact) mass is 466 g/mol. The first-order valence-corrected chi connectivity index (χ1v) is 10.1. The maximum absolute atomic E-state index is 14.3. The number of anilines is 1. The fourth-order valence-electron chi connectivity index (χ4n) is 3.54. The molecule has 0 amide bonds. The largest absolute Gasteiger partial charge is 0.384 e. The lowest BCUT2D eigenvalue weighted by Gasteiger charge is -2.05. The second kappa shape index (κ2) is 8.18. The van der Waals surface area contributed by atoms with E-state index in [0.717, 1.165) is 23.3 Å². The topological polar surface area (TPSA) is 82.5 Å². The van der Waals surface area contributed by atoms with Crippen LogP contribution >= 0.6 is 11.6 Å². The number of nitrogens with zero attached hydrogens (tertiary/aromatic N) is 5. The fourth-order valence-corrected chi connectivity index (χ4v) is 3.71. The van der Waals surface area contributed by atoms with E-state index in [4.69, 9.17) is 17.3 Å². The number of nitrogens with two attached hydrogens (primary N) is 1. The highest BCUT2D eigenvalue weighted by molar-refractivity contribution is 6.31. The van der Waals surface area contributed by atoms with E-state index in [2.05, 4.69) is 20.1 Å². The summed E-state index contributed by atoms with van der Waals surface area (Å²) < 4.78 is 43.7. The minimum absolute atomic E-state index is 0.236. The van der Waals surface area contributed by atoms with E-state index < -0.39 is 23.0 Å². The van der Waals surface area contributed by atoms with Gasteiger partial charge in [-0.3, -0.25) is 0 Å². The lowest BCUT2D eigenvalue weighted by Crippen LogP contribution is -2.05. The van der Waals surface area contributed by atoms with Crippen molar-refractivity contribution in [2.45, 2.75) is 6.42 Å². The van der Waals surface area contributed by atoms with Crippen LogP contribution in [0.15, 0.2) is 61.1 Å². The third-order valence-electron chi connectivity index (χ3n) is 5.14. The summed E-state index contributed by atoms with van der Waals surface area (Å²) >= 11 is 6.15. The molecule has 5 aromatic rings. The molecule has 0 aliphatic rings. The maximum atomic E-state index is 14.3. The van der Waals surface area contributed by atoms with Crippen molar-refractivity contribution in [3.05, 3.63) is 94.8 Å².